The monoisotopic (exact) mass is 257 g/mol. The number of hydrogen-bond donors (Lipinski definition) is 2. The lowest BCUT2D eigenvalue weighted by molar-refractivity contribution is -0.141. The van der Waals surface area contributed by atoms with Crippen LogP contribution in [0.4, 0.5) is 0 Å². The number of aliphatic carboxylic acids is 1. The summed E-state index contributed by atoms with van der Waals surface area (Å²) in [5.74, 6) is -1.08. The highest BCUT2D eigenvalue weighted by atomic mass is 16.5. The number of carboxylic acids is 1. The summed E-state index contributed by atoms with van der Waals surface area (Å²) in [6.07, 6.45) is 2.20. The van der Waals surface area contributed by atoms with E-state index in [1.807, 2.05) is 0 Å². The summed E-state index contributed by atoms with van der Waals surface area (Å²) in [7, 11) is 0. The Morgan fingerprint density at radius 3 is 2.56 bits per heavy atom. The largest absolute Gasteiger partial charge is 0.481 e. The Hall–Kier alpha value is -1.14. The van der Waals surface area contributed by atoms with Crippen LogP contribution in [-0.4, -0.2) is 48.4 Å². The molecule has 102 valence electrons. The van der Waals surface area contributed by atoms with Crippen LogP contribution in [0.15, 0.2) is 0 Å². The van der Waals surface area contributed by atoms with Gasteiger partial charge in [0.25, 0.3) is 0 Å². The van der Waals surface area contributed by atoms with E-state index in [0.29, 0.717) is 39.1 Å². The van der Waals surface area contributed by atoms with Crippen molar-refractivity contribution in [2.75, 3.05) is 19.8 Å². The van der Waals surface area contributed by atoms with Crippen molar-refractivity contribution >= 4 is 11.9 Å². The number of amides is 1. The van der Waals surface area contributed by atoms with E-state index >= 15 is 0 Å². The van der Waals surface area contributed by atoms with Crippen molar-refractivity contribution in [2.24, 2.45) is 0 Å². The molecule has 0 radical (unpaired) electrons. The van der Waals surface area contributed by atoms with Crippen LogP contribution in [0.25, 0.3) is 0 Å². The summed E-state index contributed by atoms with van der Waals surface area (Å²) in [4.78, 5) is 23.0. The highest BCUT2D eigenvalue weighted by Gasteiger charge is 2.38. The van der Waals surface area contributed by atoms with Gasteiger partial charge in [0, 0.05) is 19.8 Å². The number of rotatable bonds is 4. The summed E-state index contributed by atoms with van der Waals surface area (Å²) < 4.78 is 10.6. The average molecular weight is 257 g/mol. The number of carbonyl (C=O) groups excluding carboxylic acids is 1. The highest BCUT2D eigenvalue weighted by molar-refractivity contribution is 5.82. The molecule has 2 aliphatic rings. The van der Waals surface area contributed by atoms with Crippen molar-refractivity contribution in [2.45, 2.75) is 43.7 Å². The predicted molar refractivity (Wildman–Crippen MR) is 62.2 cm³/mol. The second-order valence-corrected chi connectivity index (χ2v) is 4.95. The first-order valence-corrected chi connectivity index (χ1v) is 6.34. The van der Waals surface area contributed by atoms with Gasteiger partial charge in [-0.3, -0.25) is 9.59 Å². The Bertz CT molecular complexity index is 318. The smallest absolute Gasteiger partial charge is 0.305 e. The molecule has 2 aliphatic heterocycles. The second kappa shape index (κ2) is 5.67. The topological polar surface area (TPSA) is 84.9 Å². The van der Waals surface area contributed by atoms with E-state index in [9.17, 15) is 9.59 Å². The molecule has 1 amide bonds. The zero-order valence-corrected chi connectivity index (χ0v) is 10.3. The molecule has 6 heteroatoms. The standard InChI is InChI=1S/C12H19NO5/c14-10(15)8-12(3-6-17-7-4-12)13-11(16)9-2-1-5-18-9/h9H,1-8H2,(H,13,16)(H,14,15). The number of carboxylic acid groups (broad SMARTS) is 1. The fourth-order valence-electron chi connectivity index (χ4n) is 2.52. The molecule has 0 spiro atoms. The minimum Gasteiger partial charge on any atom is -0.481 e. The molecular formula is C12H19NO5. The molecule has 0 bridgehead atoms. The van der Waals surface area contributed by atoms with Gasteiger partial charge in [-0.1, -0.05) is 0 Å². The third-order valence-electron chi connectivity index (χ3n) is 3.55. The first-order chi connectivity index (χ1) is 8.61. The van der Waals surface area contributed by atoms with Crippen LogP contribution in [0, 0.1) is 0 Å². The minimum atomic E-state index is -0.899. The maximum atomic E-state index is 12.0. The van der Waals surface area contributed by atoms with Crippen molar-refractivity contribution < 1.29 is 24.2 Å². The normalized spacial score (nSPS) is 26.8. The van der Waals surface area contributed by atoms with E-state index in [0.717, 1.165) is 6.42 Å². The molecule has 2 fully saturated rings. The first-order valence-electron chi connectivity index (χ1n) is 6.34. The lowest BCUT2D eigenvalue weighted by atomic mass is 9.86. The second-order valence-electron chi connectivity index (χ2n) is 4.95. The number of hydrogen-bond acceptors (Lipinski definition) is 4. The lowest BCUT2D eigenvalue weighted by Gasteiger charge is -2.37. The van der Waals surface area contributed by atoms with Gasteiger partial charge in [0.2, 0.25) is 5.91 Å². The molecule has 2 rings (SSSR count). The van der Waals surface area contributed by atoms with E-state index in [-0.39, 0.29) is 12.3 Å². The zero-order valence-electron chi connectivity index (χ0n) is 10.3. The van der Waals surface area contributed by atoms with Gasteiger partial charge in [-0.2, -0.15) is 0 Å². The number of carbonyl (C=O) groups is 2. The fraction of sp³-hybridized carbons (Fsp3) is 0.833. The molecule has 1 unspecified atom stereocenters. The number of ether oxygens (including phenoxy) is 2. The van der Waals surface area contributed by atoms with E-state index in [1.54, 1.807) is 0 Å². The fourth-order valence-corrected chi connectivity index (χ4v) is 2.52. The summed E-state index contributed by atoms with van der Waals surface area (Å²) >= 11 is 0. The van der Waals surface area contributed by atoms with Crippen LogP contribution in [0.2, 0.25) is 0 Å². The Kier molecular flexibility index (Phi) is 4.19. The van der Waals surface area contributed by atoms with Crippen molar-refractivity contribution in [1.29, 1.82) is 0 Å². The summed E-state index contributed by atoms with van der Waals surface area (Å²) in [6.45, 7) is 1.57. The molecule has 2 heterocycles. The van der Waals surface area contributed by atoms with E-state index in [1.165, 1.54) is 0 Å². The van der Waals surface area contributed by atoms with Crippen molar-refractivity contribution in [3.63, 3.8) is 0 Å². The van der Waals surface area contributed by atoms with Crippen LogP contribution < -0.4 is 5.32 Å². The van der Waals surface area contributed by atoms with Crippen LogP contribution >= 0.6 is 0 Å². The molecule has 0 aromatic heterocycles. The Balaban J connectivity index is 1.99. The SMILES string of the molecule is O=C(O)CC1(NC(=O)C2CCCO2)CCOCC1. The molecule has 2 saturated heterocycles. The lowest BCUT2D eigenvalue weighted by Crippen LogP contribution is -2.55. The van der Waals surface area contributed by atoms with Gasteiger partial charge >= 0.3 is 5.97 Å². The molecule has 2 N–H and O–H groups in total. The van der Waals surface area contributed by atoms with Crippen LogP contribution in [-0.2, 0) is 19.1 Å². The average Bonchev–Trinajstić information content (AvgIpc) is 2.82. The van der Waals surface area contributed by atoms with Gasteiger partial charge in [0.05, 0.1) is 12.0 Å². The summed E-state index contributed by atoms with van der Waals surface area (Å²) in [5, 5.41) is 11.9. The zero-order chi connectivity index (χ0) is 13.0. The number of nitrogens with one attached hydrogen (secondary N) is 1. The molecule has 1 atom stereocenters. The van der Waals surface area contributed by atoms with Gasteiger partial charge < -0.3 is 19.9 Å². The molecule has 6 nitrogen and oxygen atoms in total. The van der Waals surface area contributed by atoms with E-state index < -0.39 is 17.6 Å². The van der Waals surface area contributed by atoms with Crippen LogP contribution in [0.3, 0.4) is 0 Å². The molecule has 0 aliphatic carbocycles. The van der Waals surface area contributed by atoms with Crippen molar-refractivity contribution in [3.05, 3.63) is 0 Å². The van der Waals surface area contributed by atoms with Crippen molar-refractivity contribution in [1.82, 2.24) is 5.32 Å². The van der Waals surface area contributed by atoms with Gasteiger partial charge in [0.1, 0.15) is 6.10 Å². The Morgan fingerprint density at radius 1 is 1.28 bits per heavy atom. The van der Waals surface area contributed by atoms with Crippen LogP contribution in [0.1, 0.15) is 32.1 Å². The van der Waals surface area contributed by atoms with Crippen molar-refractivity contribution in [3.8, 4) is 0 Å². The molecule has 0 aromatic rings. The van der Waals surface area contributed by atoms with Gasteiger partial charge in [-0.25, -0.2) is 0 Å². The van der Waals surface area contributed by atoms with E-state index in [2.05, 4.69) is 5.32 Å². The quantitative estimate of drug-likeness (QED) is 0.757. The molecule has 0 aromatic carbocycles. The van der Waals surface area contributed by atoms with E-state index in [4.69, 9.17) is 14.6 Å². The Morgan fingerprint density at radius 2 is 2.00 bits per heavy atom. The maximum Gasteiger partial charge on any atom is 0.305 e. The maximum absolute atomic E-state index is 12.0. The van der Waals surface area contributed by atoms with Gasteiger partial charge in [-0.15, -0.1) is 0 Å². The summed E-state index contributed by atoms with van der Waals surface area (Å²) in [6, 6.07) is 0. The Labute approximate surface area is 106 Å². The van der Waals surface area contributed by atoms with Gasteiger partial charge in [0.15, 0.2) is 0 Å². The molecule has 18 heavy (non-hydrogen) atoms. The minimum absolute atomic E-state index is 0.0607. The van der Waals surface area contributed by atoms with Crippen LogP contribution in [0.5, 0.6) is 0 Å². The predicted octanol–water partition coefficient (Wildman–Crippen LogP) is 0.305. The molecule has 0 saturated carbocycles. The third kappa shape index (κ3) is 3.20. The molecular weight excluding hydrogens is 238 g/mol. The van der Waals surface area contributed by atoms with Gasteiger partial charge in [-0.05, 0) is 25.7 Å². The third-order valence-corrected chi connectivity index (χ3v) is 3.55. The summed E-state index contributed by atoms with van der Waals surface area (Å²) in [5.41, 5.74) is -0.673. The first kappa shape index (κ1) is 13.3. The highest BCUT2D eigenvalue weighted by Crippen LogP contribution is 2.25.